The van der Waals surface area contributed by atoms with Crippen LogP contribution in [0.5, 0.6) is 0 Å². The van der Waals surface area contributed by atoms with Crippen LogP contribution in [-0.2, 0) is 6.18 Å². The normalized spacial score (nSPS) is 11.7. The summed E-state index contributed by atoms with van der Waals surface area (Å²) in [6, 6.07) is 3.40. The van der Waals surface area contributed by atoms with E-state index in [1.807, 2.05) is 14.1 Å². The van der Waals surface area contributed by atoms with Gasteiger partial charge in [-0.3, -0.25) is 0 Å². The quantitative estimate of drug-likeness (QED) is 0.598. The Labute approximate surface area is 128 Å². The molecule has 3 N–H and O–H groups in total. The van der Waals surface area contributed by atoms with Gasteiger partial charge in [-0.25, -0.2) is 0 Å². The molecule has 1 aromatic carbocycles. The third-order valence-electron chi connectivity index (χ3n) is 2.96. The zero-order chi connectivity index (χ0) is 16.0. The lowest BCUT2D eigenvalue weighted by Gasteiger charge is -2.15. The Bertz CT molecular complexity index is 487. The topological polar surface area (TPSA) is 41.3 Å². The summed E-state index contributed by atoms with van der Waals surface area (Å²) >= 11 is 4.83. The first-order valence-corrected chi connectivity index (χ1v) is 7.02. The Morgan fingerprint density at radius 2 is 1.95 bits per heavy atom. The van der Waals surface area contributed by atoms with E-state index in [2.05, 4.69) is 10.2 Å². The number of benzene rings is 1. The summed E-state index contributed by atoms with van der Waals surface area (Å²) in [5.41, 5.74) is 5.54. The largest absolute Gasteiger partial charge is 0.416 e. The van der Waals surface area contributed by atoms with Crippen molar-refractivity contribution in [2.24, 2.45) is 5.73 Å². The van der Waals surface area contributed by atoms with Crippen LogP contribution in [0.1, 0.15) is 24.0 Å². The van der Waals surface area contributed by atoms with Crippen LogP contribution >= 0.6 is 12.2 Å². The zero-order valence-electron chi connectivity index (χ0n) is 12.1. The highest BCUT2D eigenvalue weighted by atomic mass is 32.1. The summed E-state index contributed by atoms with van der Waals surface area (Å²) < 4.78 is 38.0. The minimum absolute atomic E-state index is 0.0445. The first kappa shape index (κ1) is 17.7. The van der Waals surface area contributed by atoms with Gasteiger partial charge in [0.1, 0.15) is 4.99 Å². The van der Waals surface area contributed by atoms with Crippen molar-refractivity contribution in [1.29, 1.82) is 0 Å². The van der Waals surface area contributed by atoms with Gasteiger partial charge in [-0.2, -0.15) is 13.2 Å². The number of hydrogen-bond acceptors (Lipinski definition) is 3. The summed E-state index contributed by atoms with van der Waals surface area (Å²) in [4.78, 5) is 2.04. The molecule has 0 unspecified atom stereocenters. The summed E-state index contributed by atoms with van der Waals surface area (Å²) in [6.07, 6.45) is -2.48. The third-order valence-corrected chi connectivity index (χ3v) is 3.18. The molecule has 3 nitrogen and oxygen atoms in total. The second-order valence-electron chi connectivity index (χ2n) is 5.06. The molecule has 0 fully saturated rings. The second kappa shape index (κ2) is 7.61. The molecule has 1 rings (SSSR count). The number of halogens is 3. The van der Waals surface area contributed by atoms with E-state index in [1.54, 1.807) is 0 Å². The van der Waals surface area contributed by atoms with Crippen LogP contribution in [0.15, 0.2) is 18.2 Å². The molecule has 0 saturated heterocycles. The Hall–Kier alpha value is -1.34. The molecule has 0 aliphatic rings. The van der Waals surface area contributed by atoms with Gasteiger partial charge >= 0.3 is 6.18 Å². The number of thiocarbonyl (C=S) groups is 1. The summed E-state index contributed by atoms with van der Waals surface area (Å²) in [5, 5.41) is 3.09. The molecule has 7 heteroatoms. The van der Waals surface area contributed by atoms with Gasteiger partial charge in [0.05, 0.1) is 5.56 Å². The lowest BCUT2D eigenvalue weighted by atomic mass is 10.1. The fourth-order valence-corrected chi connectivity index (χ4v) is 2.02. The van der Waals surface area contributed by atoms with Crippen molar-refractivity contribution >= 4 is 22.9 Å². The number of hydrogen-bond donors (Lipinski definition) is 2. The summed E-state index contributed by atoms with van der Waals surface area (Å²) in [6.45, 7) is 1.63. The van der Waals surface area contributed by atoms with Crippen LogP contribution in [0.3, 0.4) is 0 Å². The standard InChI is InChI=1S/C14H20F3N3S/c1-20(2)8-4-3-7-19-12-6-5-10(14(15,16)17)9-11(12)13(18)21/h5-6,9,19H,3-4,7-8H2,1-2H3,(H2,18,21). The molecule has 1 aromatic rings. The maximum atomic E-state index is 12.7. The molecule has 118 valence electrons. The van der Waals surface area contributed by atoms with Gasteiger partial charge in [-0.1, -0.05) is 12.2 Å². The van der Waals surface area contributed by atoms with Gasteiger partial charge in [0.2, 0.25) is 0 Å². The maximum Gasteiger partial charge on any atom is 0.416 e. The van der Waals surface area contributed by atoms with Crippen molar-refractivity contribution < 1.29 is 13.2 Å². The lowest BCUT2D eigenvalue weighted by Crippen LogP contribution is -2.17. The summed E-state index contributed by atoms with van der Waals surface area (Å²) in [5.74, 6) is 0. The summed E-state index contributed by atoms with van der Waals surface area (Å²) in [7, 11) is 3.99. The zero-order valence-corrected chi connectivity index (χ0v) is 12.9. The molecule has 0 radical (unpaired) electrons. The smallest absolute Gasteiger partial charge is 0.389 e. The number of anilines is 1. The lowest BCUT2D eigenvalue weighted by molar-refractivity contribution is -0.137. The second-order valence-corrected chi connectivity index (χ2v) is 5.50. The van der Waals surface area contributed by atoms with Crippen molar-refractivity contribution in [3.8, 4) is 0 Å². The van der Waals surface area contributed by atoms with Crippen molar-refractivity contribution in [3.63, 3.8) is 0 Å². The molecular weight excluding hydrogens is 299 g/mol. The minimum Gasteiger partial charge on any atom is -0.389 e. The van der Waals surface area contributed by atoms with Crippen LogP contribution in [0.2, 0.25) is 0 Å². The van der Waals surface area contributed by atoms with Crippen molar-refractivity contribution in [2.45, 2.75) is 19.0 Å². The van der Waals surface area contributed by atoms with Crippen molar-refractivity contribution in [1.82, 2.24) is 4.90 Å². The molecule has 0 aromatic heterocycles. The third kappa shape index (κ3) is 5.89. The van der Waals surface area contributed by atoms with Crippen LogP contribution in [-0.4, -0.2) is 37.1 Å². The first-order valence-electron chi connectivity index (χ1n) is 6.61. The number of nitrogens with two attached hydrogens (primary N) is 1. The predicted molar refractivity (Wildman–Crippen MR) is 83.6 cm³/mol. The Morgan fingerprint density at radius 1 is 1.29 bits per heavy atom. The van der Waals surface area contributed by atoms with Crippen LogP contribution in [0.25, 0.3) is 0 Å². The molecule has 0 spiro atoms. The van der Waals surface area contributed by atoms with E-state index in [-0.39, 0.29) is 10.6 Å². The minimum atomic E-state index is -4.40. The highest BCUT2D eigenvalue weighted by molar-refractivity contribution is 7.80. The highest BCUT2D eigenvalue weighted by Gasteiger charge is 2.31. The molecular formula is C14H20F3N3S. The van der Waals surface area contributed by atoms with Gasteiger partial charge in [0.25, 0.3) is 0 Å². The Kier molecular flexibility index (Phi) is 6.42. The molecule has 0 aliphatic heterocycles. The van der Waals surface area contributed by atoms with E-state index in [9.17, 15) is 13.2 Å². The van der Waals surface area contributed by atoms with E-state index >= 15 is 0 Å². The van der Waals surface area contributed by atoms with E-state index < -0.39 is 11.7 Å². The van der Waals surface area contributed by atoms with Gasteiger partial charge in [-0.05, 0) is 51.7 Å². The highest BCUT2D eigenvalue weighted by Crippen LogP contribution is 2.31. The number of unbranched alkanes of at least 4 members (excludes halogenated alkanes) is 1. The average molecular weight is 319 g/mol. The van der Waals surface area contributed by atoms with E-state index in [0.29, 0.717) is 12.2 Å². The number of alkyl halides is 3. The van der Waals surface area contributed by atoms with Crippen LogP contribution < -0.4 is 11.1 Å². The SMILES string of the molecule is CN(C)CCCCNc1ccc(C(F)(F)F)cc1C(N)=S. The van der Waals surface area contributed by atoms with E-state index in [0.717, 1.165) is 31.5 Å². The Balaban J connectivity index is 2.72. The number of nitrogens with zero attached hydrogens (tertiary/aromatic N) is 1. The van der Waals surface area contributed by atoms with Crippen molar-refractivity contribution in [3.05, 3.63) is 29.3 Å². The van der Waals surface area contributed by atoms with Gasteiger partial charge < -0.3 is 16.0 Å². The van der Waals surface area contributed by atoms with Crippen LogP contribution in [0, 0.1) is 0 Å². The average Bonchev–Trinajstić information content (AvgIpc) is 2.36. The molecule has 0 bridgehead atoms. The van der Waals surface area contributed by atoms with Gasteiger partial charge in [0.15, 0.2) is 0 Å². The molecule has 0 heterocycles. The fraction of sp³-hybridized carbons (Fsp3) is 0.500. The van der Waals surface area contributed by atoms with E-state index in [4.69, 9.17) is 18.0 Å². The van der Waals surface area contributed by atoms with Crippen LogP contribution in [0.4, 0.5) is 18.9 Å². The molecule has 0 aliphatic carbocycles. The predicted octanol–water partition coefficient (Wildman–Crippen LogP) is 3.09. The van der Waals surface area contributed by atoms with Crippen molar-refractivity contribution in [2.75, 3.05) is 32.5 Å². The molecule has 0 atom stereocenters. The number of rotatable bonds is 7. The van der Waals surface area contributed by atoms with Gasteiger partial charge in [-0.15, -0.1) is 0 Å². The monoisotopic (exact) mass is 319 g/mol. The molecule has 0 amide bonds. The fourth-order valence-electron chi connectivity index (χ4n) is 1.85. The maximum absolute atomic E-state index is 12.7. The van der Waals surface area contributed by atoms with Gasteiger partial charge in [0, 0.05) is 17.8 Å². The molecule has 0 saturated carbocycles. The Morgan fingerprint density at radius 3 is 2.48 bits per heavy atom. The molecule has 21 heavy (non-hydrogen) atoms. The van der Waals surface area contributed by atoms with E-state index in [1.165, 1.54) is 6.07 Å². The number of nitrogens with one attached hydrogen (secondary N) is 1. The first-order chi connectivity index (χ1) is 9.71.